The zero-order valence-electron chi connectivity index (χ0n) is 13.8. The van der Waals surface area contributed by atoms with Crippen molar-refractivity contribution in [2.45, 2.75) is 11.8 Å². The molecule has 0 unspecified atom stereocenters. The highest BCUT2D eigenvalue weighted by Crippen LogP contribution is 2.83. The molecule has 0 aromatic heterocycles. The smallest absolute Gasteiger partial charge is 0.293 e. The van der Waals surface area contributed by atoms with Crippen molar-refractivity contribution in [1.82, 2.24) is 0 Å². The molecule has 25 heavy (non-hydrogen) atoms. The van der Waals surface area contributed by atoms with Crippen LogP contribution in [0.4, 0.5) is 0 Å². The van der Waals surface area contributed by atoms with E-state index in [1.165, 1.54) is 7.11 Å². The van der Waals surface area contributed by atoms with Gasteiger partial charge in [0.05, 0.1) is 39.6 Å². The summed E-state index contributed by atoms with van der Waals surface area (Å²) in [6.45, 7) is 0.572. The molecule has 0 radical (unpaired) electrons. The lowest BCUT2D eigenvalue weighted by Gasteiger charge is -2.26. The van der Waals surface area contributed by atoms with Crippen LogP contribution in [0.25, 0.3) is 0 Å². The van der Waals surface area contributed by atoms with Gasteiger partial charge in [-0.05, 0) is 6.07 Å². The van der Waals surface area contributed by atoms with Crippen LogP contribution in [0.3, 0.4) is 0 Å². The number of fused-ring (bicyclic) bond motifs is 2. The summed E-state index contributed by atoms with van der Waals surface area (Å²) in [5.74, 6) is -0.957. The van der Waals surface area contributed by atoms with Crippen LogP contribution >= 0.6 is 0 Å². The summed E-state index contributed by atoms with van der Waals surface area (Å²) in [7, 11) is 3.07. The van der Waals surface area contributed by atoms with E-state index in [0.29, 0.717) is 17.1 Å². The van der Waals surface area contributed by atoms with Crippen molar-refractivity contribution in [2.24, 2.45) is 21.6 Å². The second-order valence-electron chi connectivity index (χ2n) is 6.16. The van der Waals surface area contributed by atoms with Crippen LogP contribution in [0, 0.1) is 33.5 Å². The SMILES string of the molecule is COc1ccc([C@@H]2[C@]3(C#N)C(N)=NC4(OCCO4)[C@]23C#N)c(OC)c1. The molecule has 2 N–H and O–H groups in total. The molecule has 0 bridgehead atoms. The molecule has 128 valence electrons. The molecule has 1 aromatic rings. The van der Waals surface area contributed by atoms with Gasteiger partial charge in [-0.1, -0.05) is 6.07 Å². The van der Waals surface area contributed by atoms with Crippen LogP contribution in [0.5, 0.6) is 11.5 Å². The zero-order chi connectivity index (χ0) is 17.9. The normalized spacial score (nSPS) is 33.9. The highest BCUT2D eigenvalue weighted by atomic mass is 16.8. The monoisotopic (exact) mass is 340 g/mol. The Morgan fingerprint density at radius 2 is 1.92 bits per heavy atom. The topological polar surface area (TPSA) is 123 Å². The molecule has 8 nitrogen and oxygen atoms in total. The maximum absolute atomic E-state index is 10.0. The Morgan fingerprint density at radius 3 is 2.48 bits per heavy atom. The molecule has 1 spiro atoms. The number of nitrogens with zero attached hydrogens (tertiary/aromatic N) is 3. The molecular weight excluding hydrogens is 324 g/mol. The highest BCUT2D eigenvalue weighted by Gasteiger charge is 2.94. The molecule has 0 amide bonds. The predicted octanol–water partition coefficient (Wildman–Crippen LogP) is 0.892. The standard InChI is InChI=1S/C17H16N4O4/c1-22-10-3-4-11(12(7-10)23-2)13-15(8-18)14(20)21-17(16(13,15)9-19)24-5-6-25-17/h3-4,7,13H,5-6H2,1-2H3,(H2,20,21)/t13-,15-,16-/m1/s1. The van der Waals surface area contributed by atoms with Gasteiger partial charge in [0, 0.05) is 17.5 Å². The predicted molar refractivity (Wildman–Crippen MR) is 84.6 cm³/mol. The number of aliphatic imine (C=N–C) groups is 1. The summed E-state index contributed by atoms with van der Waals surface area (Å²) < 4.78 is 22.1. The number of nitriles is 2. The van der Waals surface area contributed by atoms with E-state index in [9.17, 15) is 10.5 Å². The van der Waals surface area contributed by atoms with E-state index in [1.807, 2.05) is 0 Å². The van der Waals surface area contributed by atoms with Crippen LogP contribution in [0.1, 0.15) is 11.5 Å². The summed E-state index contributed by atoms with van der Waals surface area (Å²) in [4.78, 5) is 4.24. The van der Waals surface area contributed by atoms with Crippen molar-refractivity contribution in [2.75, 3.05) is 27.4 Å². The minimum absolute atomic E-state index is 0.0568. The average molecular weight is 340 g/mol. The number of rotatable bonds is 3. The molecule has 1 saturated heterocycles. The van der Waals surface area contributed by atoms with Crippen LogP contribution < -0.4 is 15.2 Å². The lowest BCUT2D eigenvalue weighted by molar-refractivity contribution is -0.184. The molecule has 1 saturated carbocycles. The molecule has 8 heteroatoms. The van der Waals surface area contributed by atoms with E-state index >= 15 is 0 Å². The Balaban J connectivity index is 1.92. The Bertz CT molecular complexity index is 864. The van der Waals surface area contributed by atoms with Crippen LogP contribution in [0.15, 0.2) is 23.2 Å². The van der Waals surface area contributed by atoms with Crippen LogP contribution in [0.2, 0.25) is 0 Å². The molecule has 1 aromatic carbocycles. The second-order valence-corrected chi connectivity index (χ2v) is 6.16. The van der Waals surface area contributed by atoms with Gasteiger partial charge in [0.2, 0.25) is 0 Å². The lowest BCUT2D eigenvalue weighted by Crippen LogP contribution is -2.38. The van der Waals surface area contributed by atoms with Gasteiger partial charge in [-0.2, -0.15) is 10.5 Å². The Hall–Kier alpha value is -2.81. The molecule has 3 aliphatic rings. The Kier molecular flexibility index (Phi) is 3.05. The van der Waals surface area contributed by atoms with Gasteiger partial charge in [0.1, 0.15) is 22.7 Å². The third kappa shape index (κ3) is 1.50. The fourth-order valence-electron chi connectivity index (χ4n) is 4.24. The fraction of sp³-hybridized carbons (Fsp3) is 0.471. The summed E-state index contributed by atoms with van der Waals surface area (Å²) >= 11 is 0. The number of nitrogens with two attached hydrogens (primary N) is 1. The van der Waals surface area contributed by atoms with Gasteiger partial charge < -0.3 is 24.7 Å². The van der Waals surface area contributed by atoms with E-state index in [4.69, 9.17) is 24.7 Å². The molecule has 2 fully saturated rings. The van der Waals surface area contributed by atoms with Crippen molar-refractivity contribution in [3.05, 3.63) is 23.8 Å². The lowest BCUT2D eigenvalue weighted by atomic mass is 9.93. The number of benzene rings is 1. The van der Waals surface area contributed by atoms with Crippen molar-refractivity contribution in [1.29, 1.82) is 10.5 Å². The molecule has 3 atom stereocenters. The van der Waals surface area contributed by atoms with Gasteiger partial charge in [0.15, 0.2) is 5.41 Å². The third-order valence-electron chi connectivity index (χ3n) is 5.36. The number of hydrogen-bond acceptors (Lipinski definition) is 8. The average Bonchev–Trinajstić information content (AvgIpc) is 2.88. The second kappa shape index (κ2) is 4.85. The van der Waals surface area contributed by atoms with E-state index in [2.05, 4.69) is 17.1 Å². The van der Waals surface area contributed by atoms with Crippen molar-refractivity contribution in [3.63, 3.8) is 0 Å². The van der Waals surface area contributed by atoms with Crippen LogP contribution in [-0.2, 0) is 9.47 Å². The maximum Gasteiger partial charge on any atom is 0.293 e. The Labute approximate surface area is 144 Å². The molecular formula is C17H16N4O4. The summed E-state index contributed by atoms with van der Waals surface area (Å²) in [6.07, 6.45) is 0. The van der Waals surface area contributed by atoms with Crippen LogP contribution in [-0.4, -0.2) is 39.2 Å². The maximum atomic E-state index is 10.0. The molecule has 2 heterocycles. The number of methoxy groups -OCH3 is 2. The van der Waals surface area contributed by atoms with Gasteiger partial charge in [-0.25, -0.2) is 4.99 Å². The third-order valence-corrected chi connectivity index (χ3v) is 5.36. The van der Waals surface area contributed by atoms with E-state index in [1.54, 1.807) is 25.3 Å². The first-order valence-corrected chi connectivity index (χ1v) is 7.75. The molecule has 4 rings (SSSR count). The highest BCUT2D eigenvalue weighted by molar-refractivity contribution is 6.00. The van der Waals surface area contributed by atoms with E-state index in [-0.39, 0.29) is 19.0 Å². The van der Waals surface area contributed by atoms with Gasteiger partial charge in [-0.15, -0.1) is 0 Å². The minimum Gasteiger partial charge on any atom is -0.497 e. The largest absolute Gasteiger partial charge is 0.497 e. The summed E-state index contributed by atoms with van der Waals surface area (Å²) in [6, 6.07) is 9.68. The first kappa shape index (κ1) is 15.7. The summed E-state index contributed by atoms with van der Waals surface area (Å²) in [5.41, 5.74) is 4.11. The van der Waals surface area contributed by atoms with Crippen molar-refractivity contribution in [3.8, 4) is 23.6 Å². The molecule has 2 aliphatic heterocycles. The van der Waals surface area contributed by atoms with E-state index < -0.39 is 22.7 Å². The van der Waals surface area contributed by atoms with Crippen molar-refractivity contribution < 1.29 is 18.9 Å². The summed E-state index contributed by atoms with van der Waals surface area (Å²) in [5, 5.41) is 20.0. The number of amidine groups is 1. The molecule has 1 aliphatic carbocycles. The fourth-order valence-corrected chi connectivity index (χ4v) is 4.24. The number of ether oxygens (including phenoxy) is 4. The quantitative estimate of drug-likeness (QED) is 0.866. The van der Waals surface area contributed by atoms with Gasteiger partial charge in [0.25, 0.3) is 5.91 Å². The minimum atomic E-state index is -1.54. The zero-order valence-corrected chi connectivity index (χ0v) is 13.8. The van der Waals surface area contributed by atoms with Crippen molar-refractivity contribution >= 4 is 5.84 Å². The Morgan fingerprint density at radius 1 is 1.20 bits per heavy atom. The van der Waals surface area contributed by atoms with E-state index in [0.717, 1.165) is 0 Å². The van der Waals surface area contributed by atoms with Gasteiger partial charge >= 0.3 is 0 Å². The van der Waals surface area contributed by atoms with Gasteiger partial charge in [-0.3, -0.25) is 0 Å². The first-order valence-electron chi connectivity index (χ1n) is 7.75. The first-order chi connectivity index (χ1) is 12.1. The number of hydrogen-bond donors (Lipinski definition) is 1.